The third kappa shape index (κ3) is 2.53. The van der Waals surface area contributed by atoms with Crippen molar-refractivity contribution in [1.29, 1.82) is 0 Å². The van der Waals surface area contributed by atoms with Crippen LogP contribution in [0.1, 0.15) is 0 Å². The second kappa shape index (κ2) is 5.08. The Hall–Kier alpha value is -0.930. The van der Waals surface area contributed by atoms with Gasteiger partial charge >= 0.3 is 0 Å². The fourth-order valence-electron chi connectivity index (χ4n) is 1.27. The lowest BCUT2D eigenvalue weighted by Crippen LogP contribution is -2.23. The average molecular weight is 215 g/mol. The van der Waals surface area contributed by atoms with Crippen LogP contribution in [0.4, 0.5) is 11.4 Å². The number of likely N-dealkylation sites (N-methyl/N-ethyl adjacent to an activating group) is 1. The number of hydrogen-bond acceptors (Lipinski definition) is 3. The molecule has 0 saturated heterocycles. The average Bonchev–Trinajstić information content (AvgIpc) is 2.14. The van der Waals surface area contributed by atoms with Crippen molar-refractivity contribution in [2.45, 2.75) is 0 Å². The van der Waals surface area contributed by atoms with Gasteiger partial charge in [0, 0.05) is 20.7 Å². The smallest absolute Gasteiger partial charge is 0.0787 e. The summed E-state index contributed by atoms with van der Waals surface area (Å²) in [7, 11) is 3.61. The quantitative estimate of drug-likeness (QED) is 0.780. The van der Waals surface area contributed by atoms with Gasteiger partial charge in [-0.1, -0.05) is 17.7 Å². The van der Waals surface area contributed by atoms with Gasteiger partial charge in [0.25, 0.3) is 0 Å². The number of halogens is 1. The van der Waals surface area contributed by atoms with E-state index in [2.05, 4.69) is 0 Å². The lowest BCUT2D eigenvalue weighted by atomic mass is 10.2. The highest BCUT2D eigenvalue weighted by Crippen LogP contribution is 2.30. The number of para-hydroxylation sites is 1. The van der Waals surface area contributed by atoms with E-state index in [4.69, 9.17) is 22.1 Å². The first-order valence-corrected chi connectivity index (χ1v) is 4.78. The number of anilines is 2. The highest BCUT2D eigenvalue weighted by atomic mass is 35.5. The van der Waals surface area contributed by atoms with E-state index in [0.29, 0.717) is 17.3 Å². The van der Waals surface area contributed by atoms with Crippen LogP contribution in [0, 0.1) is 0 Å². The molecule has 4 heteroatoms. The summed E-state index contributed by atoms with van der Waals surface area (Å²) < 4.78 is 4.99. The van der Waals surface area contributed by atoms with Crippen LogP contribution in [0.5, 0.6) is 0 Å². The number of nitrogen functional groups attached to an aromatic ring is 1. The molecule has 0 atom stereocenters. The lowest BCUT2D eigenvalue weighted by Gasteiger charge is -2.21. The first-order valence-electron chi connectivity index (χ1n) is 4.41. The molecule has 0 aliphatic rings. The SMILES string of the molecule is COCCN(C)c1c(N)cccc1Cl. The topological polar surface area (TPSA) is 38.5 Å². The molecule has 0 aromatic heterocycles. The third-order valence-corrected chi connectivity index (χ3v) is 2.34. The summed E-state index contributed by atoms with van der Waals surface area (Å²) in [6.07, 6.45) is 0. The molecule has 0 radical (unpaired) electrons. The van der Waals surface area contributed by atoms with Crippen molar-refractivity contribution < 1.29 is 4.74 Å². The van der Waals surface area contributed by atoms with Crippen LogP contribution < -0.4 is 10.6 Å². The summed E-state index contributed by atoms with van der Waals surface area (Å²) in [5.41, 5.74) is 7.38. The Labute approximate surface area is 89.4 Å². The van der Waals surface area contributed by atoms with Gasteiger partial charge in [-0.3, -0.25) is 0 Å². The number of ether oxygens (including phenoxy) is 1. The Kier molecular flexibility index (Phi) is 4.04. The zero-order valence-electron chi connectivity index (χ0n) is 8.46. The Balaban J connectivity index is 2.82. The number of methoxy groups -OCH3 is 1. The van der Waals surface area contributed by atoms with Crippen molar-refractivity contribution in [1.82, 2.24) is 0 Å². The van der Waals surface area contributed by atoms with Crippen molar-refractivity contribution in [3.8, 4) is 0 Å². The standard InChI is InChI=1S/C10H15ClN2O/c1-13(6-7-14-2)10-8(11)4-3-5-9(10)12/h3-5H,6-7,12H2,1-2H3. The molecule has 3 nitrogen and oxygen atoms in total. The Morgan fingerprint density at radius 1 is 1.50 bits per heavy atom. The molecule has 0 spiro atoms. The lowest BCUT2D eigenvalue weighted by molar-refractivity contribution is 0.206. The first kappa shape index (κ1) is 11.1. The van der Waals surface area contributed by atoms with E-state index in [0.717, 1.165) is 12.2 Å². The van der Waals surface area contributed by atoms with Gasteiger partial charge in [0.05, 0.1) is 23.0 Å². The molecule has 78 valence electrons. The predicted molar refractivity (Wildman–Crippen MR) is 61.0 cm³/mol. The van der Waals surface area contributed by atoms with E-state index in [-0.39, 0.29) is 0 Å². The van der Waals surface area contributed by atoms with E-state index in [1.54, 1.807) is 7.11 Å². The summed E-state index contributed by atoms with van der Waals surface area (Å²) in [4.78, 5) is 1.99. The molecule has 1 rings (SSSR count). The number of nitrogens with two attached hydrogens (primary N) is 1. The molecule has 14 heavy (non-hydrogen) atoms. The minimum atomic E-state index is 0.654. The minimum absolute atomic E-state index is 0.654. The van der Waals surface area contributed by atoms with Crippen LogP contribution in [0.2, 0.25) is 5.02 Å². The summed E-state index contributed by atoms with van der Waals surface area (Å²) in [6, 6.07) is 5.51. The highest BCUT2D eigenvalue weighted by Gasteiger charge is 2.08. The number of nitrogens with zero attached hydrogens (tertiary/aromatic N) is 1. The van der Waals surface area contributed by atoms with Crippen LogP contribution in [0.3, 0.4) is 0 Å². The van der Waals surface area contributed by atoms with Crippen molar-refractivity contribution in [3.05, 3.63) is 23.2 Å². The first-order chi connectivity index (χ1) is 6.66. The summed E-state index contributed by atoms with van der Waals surface area (Å²) in [6.45, 7) is 1.42. The second-order valence-electron chi connectivity index (χ2n) is 3.09. The van der Waals surface area contributed by atoms with Crippen LogP contribution in [-0.2, 0) is 4.74 Å². The van der Waals surface area contributed by atoms with Gasteiger partial charge in [-0.25, -0.2) is 0 Å². The molecule has 0 aliphatic heterocycles. The molecule has 2 N–H and O–H groups in total. The largest absolute Gasteiger partial charge is 0.397 e. The summed E-state index contributed by atoms with van der Waals surface area (Å²) >= 11 is 6.04. The molecule has 0 aliphatic carbocycles. The van der Waals surface area contributed by atoms with Crippen LogP contribution >= 0.6 is 11.6 Å². The number of rotatable bonds is 4. The number of hydrogen-bond donors (Lipinski definition) is 1. The van der Waals surface area contributed by atoms with Gasteiger partial charge in [0.2, 0.25) is 0 Å². The summed E-state index contributed by atoms with van der Waals surface area (Å²) in [5.74, 6) is 0. The molecular formula is C10H15ClN2O. The van der Waals surface area contributed by atoms with Crippen molar-refractivity contribution in [2.75, 3.05) is 37.9 Å². The Morgan fingerprint density at radius 3 is 2.79 bits per heavy atom. The zero-order chi connectivity index (χ0) is 10.6. The van der Waals surface area contributed by atoms with Crippen molar-refractivity contribution >= 4 is 23.0 Å². The molecule has 0 unspecified atom stereocenters. The maximum Gasteiger partial charge on any atom is 0.0787 e. The van der Waals surface area contributed by atoms with Gasteiger partial charge in [-0.05, 0) is 12.1 Å². The van der Waals surface area contributed by atoms with Gasteiger partial charge in [-0.15, -0.1) is 0 Å². The molecule has 0 heterocycles. The molecule has 0 bridgehead atoms. The van der Waals surface area contributed by atoms with Crippen LogP contribution in [0.25, 0.3) is 0 Å². The molecule has 0 fully saturated rings. The fourth-order valence-corrected chi connectivity index (χ4v) is 1.60. The Morgan fingerprint density at radius 2 is 2.21 bits per heavy atom. The van der Waals surface area contributed by atoms with E-state index in [1.165, 1.54) is 0 Å². The highest BCUT2D eigenvalue weighted by molar-refractivity contribution is 6.33. The van der Waals surface area contributed by atoms with Crippen LogP contribution in [-0.4, -0.2) is 27.3 Å². The summed E-state index contributed by atoms with van der Waals surface area (Å²) in [5, 5.41) is 0.670. The predicted octanol–water partition coefficient (Wildman–Crippen LogP) is 2.00. The van der Waals surface area contributed by atoms with Crippen molar-refractivity contribution in [3.63, 3.8) is 0 Å². The normalized spacial score (nSPS) is 10.2. The van der Waals surface area contributed by atoms with E-state index in [9.17, 15) is 0 Å². The number of benzene rings is 1. The maximum absolute atomic E-state index is 6.04. The van der Waals surface area contributed by atoms with Gasteiger partial charge in [-0.2, -0.15) is 0 Å². The van der Waals surface area contributed by atoms with E-state index < -0.39 is 0 Å². The zero-order valence-corrected chi connectivity index (χ0v) is 9.21. The Bertz CT molecular complexity index is 284. The molecule has 0 amide bonds. The van der Waals surface area contributed by atoms with Gasteiger partial charge in [0.1, 0.15) is 0 Å². The van der Waals surface area contributed by atoms with Gasteiger partial charge in [0.15, 0.2) is 0 Å². The third-order valence-electron chi connectivity index (χ3n) is 2.03. The van der Waals surface area contributed by atoms with E-state index >= 15 is 0 Å². The van der Waals surface area contributed by atoms with Gasteiger partial charge < -0.3 is 15.4 Å². The van der Waals surface area contributed by atoms with Crippen LogP contribution in [0.15, 0.2) is 18.2 Å². The molecule has 0 saturated carbocycles. The minimum Gasteiger partial charge on any atom is -0.397 e. The molecule has 1 aromatic carbocycles. The second-order valence-corrected chi connectivity index (χ2v) is 3.50. The fraction of sp³-hybridized carbons (Fsp3) is 0.400. The van der Waals surface area contributed by atoms with E-state index in [1.807, 2.05) is 30.1 Å². The monoisotopic (exact) mass is 214 g/mol. The molecule has 1 aromatic rings. The maximum atomic E-state index is 6.04. The van der Waals surface area contributed by atoms with Crippen molar-refractivity contribution in [2.24, 2.45) is 0 Å². The molecular weight excluding hydrogens is 200 g/mol.